The van der Waals surface area contributed by atoms with E-state index < -0.39 is 0 Å². The van der Waals surface area contributed by atoms with Gasteiger partial charge in [-0.05, 0) is 44.4 Å². The number of aryl methyl sites for hydroxylation is 1. The molecule has 20 heavy (non-hydrogen) atoms. The van der Waals surface area contributed by atoms with Gasteiger partial charge in [0.15, 0.2) is 0 Å². The van der Waals surface area contributed by atoms with E-state index in [1.54, 1.807) is 0 Å². The fourth-order valence-corrected chi connectivity index (χ4v) is 2.29. The van der Waals surface area contributed by atoms with Crippen molar-refractivity contribution < 1.29 is 0 Å². The molecule has 0 saturated carbocycles. The van der Waals surface area contributed by atoms with Gasteiger partial charge >= 0.3 is 0 Å². The fraction of sp³-hybridized carbons (Fsp3) is 0.706. The summed E-state index contributed by atoms with van der Waals surface area (Å²) in [6.45, 7) is 13.0. The van der Waals surface area contributed by atoms with Crippen LogP contribution in [0, 0.1) is 12.8 Å². The van der Waals surface area contributed by atoms with E-state index in [4.69, 9.17) is 4.98 Å². The van der Waals surface area contributed by atoms with Crippen molar-refractivity contribution in [3.05, 3.63) is 23.4 Å². The lowest BCUT2D eigenvalue weighted by atomic mass is 10.1. The van der Waals surface area contributed by atoms with E-state index in [1.165, 1.54) is 18.4 Å². The van der Waals surface area contributed by atoms with Crippen LogP contribution in [-0.4, -0.2) is 24.6 Å². The van der Waals surface area contributed by atoms with Crippen LogP contribution in [0.25, 0.3) is 0 Å². The molecule has 1 rings (SSSR count). The Balaban J connectivity index is 2.67. The molecule has 1 heterocycles. The molecule has 114 valence electrons. The topological polar surface area (TPSA) is 28.2 Å². The predicted octanol–water partition coefficient (Wildman–Crippen LogP) is 3.76. The van der Waals surface area contributed by atoms with Crippen LogP contribution in [0.15, 0.2) is 12.1 Å². The number of aromatic nitrogens is 1. The highest BCUT2D eigenvalue weighted by Crippen LogP contribution is 2.17. The van der Waals surface area contributed by atoms with Gasteiger partial charge in [-0.1, -0.05) is 33.3 Å². The van der Waals surface area contributed by atoms with Gasteiger partial charge in [-0.2, -0.15) is 0 Å². The van der Waals surface area contributed by atoms with Crippen LogP contribution in [0.2, 0.25) is 0 Å². The number of nitrogens with zero attached hydrogens (tertiary/aromatic N) is 2. The second-order valence-electron chi connectivity index (χ2n) is 6.19. The van der Waals surface area contributed by atoms with Gasteiger partial charge in [-0.25, -0.2) is 4.98 Å². The lowest BCUT2D eigenvalue weighted by Crippen LogP contribution is -2.29. The van der Waals surface area contributed by atoms with E-state index >= 15 is 0 Å². The van der Waals surface area contributed by atoms with Crippen LogP contribution in [0.4, 0.5) is 5.82 Å². The van der Waals surface area contributed by atoms with Crippen molar-refractivity contribution in [2.24, 2.45) is 5.92 Å². The summed E-state index contributed by atoms with van der Waals surface area (Å²) in [4.78, 5) is 7.04. The van der Waals surface area contributed by atoms with Crippen molar-refractivity contribution in [2.45, 2.75) is 60.0 Å². The summed E-state index contributed by atoms with van der Waals surface area (Å²) in [5.41, 5.74) is 2.43. The third-order valence-corrected chi connectivity index (χ3v) is 3.78. The Kier molecular flexibility index (Phi) is 7.00. The minimum atomic E-state index is 0.539. The maximum Gasteiger partial charge on any atom is 0.128 e. The zero-order valence-corrected chi connectivity index (χ0v) is 14.0. The second kappa shape index (κ2) is 8.25. The Morgan fingerprint density at radius 1 is 1.25 bits per heavy atom. The normalized spacial score (nSPS) is 12.8. The highest BCUT2D eigenvalue weighted by molar-refractivity contribution is 5.41. The summed E-state index contributed by atoms with van der Waals surface area (Å²) >= 11 is 0. The minimum absolute atomic E-state index is 0.539. The largest absolute Gasteiger partial charge is 0.357 e. The molecule has 0 aromatic carbocycles. The van der Waals surface area contributed by atoms with Crippen molar-refractivity contribution in [1.82, 2.24) is 10.3 Å². The van der Waals surface area contributed by atoms with Crippen molar-refractivity contribution in [3.63, 3.8) is 0 Å². The highest BCUT2D eigenvalue weighted by Gasteiger charge is 2.11. The van der Waals surface area contributed by atoms with E-state index in [0.29, 0.717) is 12.0 Å². The van der Waals surface area contributed by atoms with Crippen molar-refractivity contribution in [3.8, 4) is 0 Å². The molecule has 0 aliphatic heterocycles. The molecule has 1 unspecified atom stereocenters. The summed E-state index contributed by atoms with van der Waals surface area (Å²) in [5.74, 6) is 1.76. The van der Waals surface area contributed by atoms with Crippen LogP contribution < -0.4 is 10.2 Å². The first kappa shape index (κ1) is 17.0. The van der Waals surface area contributed by atoms with Crippen LogP contribution in [0.3, 0.4) is 0 Å². The molecule has 1 aromatic heterocycles. The van der Waals surface area contributed by atoms with E-state index in [9.17, 15) is 0 Å². The quantitative estimate of drug-likeness (QED) is 0.784. The Labute approximate surface area is 124 Å². The molecule has 1 atom stereocenters. The Morgan fingerprint density at radius 3 is 2.50 bits per heavy atom. The second-order valence-corrected chi connectivity index (χ2v) is 6.19. The Bertz CT molecular complexity index is 401. The van der Waals surface area contributed by atoms with Crippen LogP contribution in [-0.2, 0) is 6.54 Å². The molecule has 0 fully saturated rings. The monoisotopic (exact) mass is 277 g/mol. The first-order valence-electron chi connectivity index (χ1n) is 7.85. The number of rotatable bonds is 8. The smallest absolute Gasteiger partial charge is 0.128 e. The average molecular weight is 277 g/mol. The van der Waals surface area contributed by atoms with Gasteiger partial charge in [0.2, 0.25) is 0 Å². The molecule has 3 nitrogen and oxygen atoms in total. The maximum atomic E-state index is 4.76. The van der Waals surface area contributed by atoms with Crippen molar-refractivity contribution in [1.29, 1.82) is 0 Å². The summed E-state index contributed by atoms with van der Waals surface area (Å²) < 4.78 is 0. The van der Waals surface area contributed by atoms with Crippen LogP contribution in [0.5, 0.6) is 0 Å². The lowest BCUT2D eigenvalue weighted by molar-refractivity contribution is 0.550. The Hall–Kier alpha value is -1.09. The molecule has 1 aromatic rings. The van der Waals surface area contributed by atoms with E-state index in [0.717, 1.165) is 24.6 Å². The highest BCUT2D eigenvalue weighted by atomic mass is 15.2. The maximum absolute atomic E-state index is 4.76. The van der Waals surface area contributed by atoms with Gasteiger partial charge in [0.25, 0.3) is 0 Å². The number of nitrogens with one attached hydrogen (secondary N) is 1. The van der Waals surface area contributed by atoms with Crippen molar-refractivity contribution >= 4 is 5.82 Å². The summed E-state index contributed by atoms with van der Waals surface area (Å²) in [6.07, 6.45) is 2.41. The van der Waals surface area contributed by atoms with Gasteiger partial charge in [-0.3, -0.25) is 0 Å². The molecule has 0 radical (unpaired) electrons. The minimum Gasteiger partial charge on any atom is -0.357 e. The molecule has 0 aliphatic rings. The van der Waals surface area contributed by atoms with E-state index in [1.807, 2.05) is 0 Å². The van der Waals surface area contributed by atoms with E-state index in [-0.39, 0.29) is 0 Å². The number of hydrogen-bond donors (Lipinski definition) is 1. The standard InChI is InChI=1S/C17H31N3/c1-7-8-14(4)20(6)17-10-9-16(15(5)19-17)12-18-11-13(2)3/h9-10,13-14,18H,7-8,11-12H2,1-6H3. The summed E-state index contributed by atoms with van der Waals surface area (Å²) in [5, 5.41) is 3.48. The zero-order chi connectivity index (χ0) is 15.1. The third kappa shape index (κ3) is 5.12. The SMILES string of the molecule is CCCC(C)N(C)c1ccc(CNCC(C)C)c(C)n1. The van der Waals surface area contributed by atoms with Gasteiger partial charge < -0.3 is 10.2 Å². The lowest BCUT2D eigenvalue weighted by Gasteiger charge is -2.26. The first-order valence-corrected chi connectivity index (χ1v) is 7.85. The third-order valence-electron chi connectivity index (χ3n) is 3.78. The van der Waals surface area contributed by atoms with Crippen molar-refractivity contribution in [2.75, 3.05) is 18.5 Å². The molecule has 0 spiro atoms. The number of pyridine rings is 1. The fourth-order valence-electron chi connectivity index (χ4n) is 2.29. The molecule has 0 saturated heterocycles. The molecular formula is C17H31N3. The summed E-state index contributed by atoms with van der Waals surface area (Å²) in [6, 6.07) is 4.89. The molecule has 3 heteroatoms. The molecule has 0 bridgehead atoms. The predicted molar refractivity (Wildman–Crippen MR) is 88.3 cm³/mol. The molecule has 0 aliphatic carbocycles. The summed E-state index contributed by atoms with van der Waals surface area (Å²) in [7, 11) is 2.14. The average Bonchev–Trinajstić information content (AvgIpc) is 2.39. The number of anilines is 1. The van der Waals surface area contributed by atoms with E-state index in [2.05, 4.69) is 64.0 Å². The number of hydrogen-bond acceptors (Lipinski definition) is 3. The van der Waals surface area contributed by atoms with Gasteiger partial charge in [0.1, 0.15) is 5.82 Å². The first-order chi connectivity index (χ1) is 9.45. The van der Waals surface area contributed by atoms with Crippen LogP contribution in [0.1, 0.15) is 51.8 Å². The molecule has 1 N–H and O–H groups in total. The molecule has 0 amide bonds. The van der Waals surface area contributed by atoms with Crippen LogP contribution >= 0.6 is 0 Å². The van der Waals surface area contributed by atoms with Gasteiger partial charge in [-0.15, -0.1) is 0 Å². The molecular weight excluding hydrogens is 246 g/mol. The Morgan fingerprint density at radius 2 is 1.95 bits per heavy atom. The van der Waals surface area contributed by atoms with Gasteiger partial charge in [0, 0.05) is 25.3 Å². The zero-order valence-electron chi connectivity index (χ0n) is 14.0. The van der Waals surface area contributed by atoms with Gasteiger partial charge in [0.05, 0.1) is 0 Å².